The maximum absolute atomic E-state index is 12.6. The quantitative estimate of drug-likeness (QED) is 0.638. The van der Waals surface area contributed by atoms with E-state index in [1.54, 1.807) is 34.4 Å². The molecule has 0 atom stereocenters. The van der Waals surface area contributed by atoms with E-state index in [0.717, 1.165) is 10.6 Å². The smallest absolute Gasteiger partial charge is 0.238 e. The van der Waals surface area contributed by atoms with Crippen LogP contribution in [0.3, 0.4) is 0 Å². The van der Waals surface area contributed by atoms with Crippen LogP contribution in [0.15, 0.2) is 47.4 Å². The average molecular weight is 430 g/mol. The van der Waals surface area contributed by atoms with Gasteiger partial charge >= 0.3 is 0 Å². The number of hydrogen-bond donors (Lipinski definition) is 0. The first-order valence-corrected chi connectivity index (χ1v) is 12.0. The maximum atomic E-state index is 12.6. The van der Waals surface area contributed by atoms with E-state index in [1.165, 1.54) is 28.0 Å². The Balaban J connectivity index is 1.42. The predicted octanol–water partition coefficient (Wildman–Crippen LogP) is 3.04. The van der Waals surface area contributed by atoms with E-state index in [-0.39, 0.29) is 10.8 Å². The van der Waals surface area contributed by atoms with Gasteiger partial charge in [-0.15, -0.1) is 0 Å². The number of sulfone groups is 1. The molecule has 0 bridgehead atoms. The van der Waals surface area contributed by atoms with E-state index < -0.39 is 15.6 Å². The van der Waals surface area contributed by atoms with Crippen molar-refractivity contribution in [1.82, 2.24) is 9.88 Å². The first-order valence-electron chi connectivity index (χ1n) is 9.52. The number of hydrogen-bond acceptors (Lipinski definition) is 6. The Labute approximate surface area is 174 Å². The minimum Gasteiger partial charge on any atom is -0.345 e. The van der Waals surface area contributed by atoms with Crippen LogP contribution in [0.1, 0.15) is 11.1 Å². The number of benzene rings is 2. The molecular weight excluding hydrogens is 406 g/mol. The van der Waals surface area contributed by atoms with Crippen LogP contribution in [0.2, 0.25) is 0 Å². The predicted molar refractivity (Wildman–Crippen MR) is 116 cm³/mol. The standard InChI is InChI=1S/C21H23N3O3S2/c1-15-12-16(2)20-18(13-15)28-21(22-20)24-10-8-23(9-11-24)19(25)14-29(26,27)17-6-4-3-5-7-17/h3-7,12-13H,8-11,14H2,1-2H3. The summed E-state index contributed by atoms with van der Waals surface area (Å²) >= 11 is 1.66. The number of rotatable bonds is 4. The topological polar surface area (TPSA) is 70.6 Å². The van der Waals surface area contributed by atoms with Crippen molar-refractivity contribution in [2.75, 3.05) is 36.8 Å². The molecule has 0 radical (unpaired) electrons. The molecule has 2 heterocycles. The molecule has 29 heavy (non-hydrogen) atoms. The molecule has 0 unspecified atom stereocenters. The molecule has 0 spiro atoms. The summed E-state index contributed by atoms with van der Waals surface area (Å²) in [4.78, 5) is 21.4. The molecule has 2 aromatic carbocycles. The molecule has 3 aromatic rings. The molecule has 4 rings (SSSR count). The maximum Gasteiger partial charge on any atom is 0.238 e. The fraction of sp³-hybridized carbons (Fsp3) is 0.333. The Morgan fingerprint density at radius 3 is 2.45 bits per heavy atom. The summed E-state index contributed by atoms with van der Waals surface area (Å²) in [6.45, 7) is 6.44. The Bertz CT molecular complexity index is 1150. The normalized spacial score (nSPS) is 15.1. The monoisotopic (exact) mass is 429 g/mol. The second-order valence-corrected chi connectivity index (χ2v) is 10.4. The van der Waals surface area contributed by atoms with Crippen molar-refractivity contribution in [1.29, 1.82) is 0 Å². The van der Waals surface area contributed by atoms with Crippen molar-refractivity contribution < 1.29 is 13.2 Å². The Hall–Kier alpha value is -2.45. The van der Waals surface area contributed by atoms with Gasteiger partial charge in [0, 0.05) is 26.2 Å². The van der Waals surface area contributed by atoms with Crippen LogP contribution in [-0.2, 0) is 14.6 Å². The van der Waals surface area contributed by atoms with Gasteiger partial charge in [0.2, 0.25) is 5.91 Å². The lowest BCUT2D eigenvalue weighted by atomic mass is 10.1. The number of aryl methyl sites for hydroxylation is 2. The zero-order valence-electron chi connectivity index (χ0n) is 16.5. The third-order valence-corrected chi connectivity index (χ3v) is 7.82. The number of piperazine rings is 1. The van der Waals surface area contributed by atoms with E-state index in [4.69, 9.17) is 4.98 Å². The summed E-state index contributed by atoms with van der Waals surface area (Å²) in [5.41, 5.74) is 3.42. The largest absolute Gasteiger partial charge is 0.345 e. The molecule has 1 fully saturated rings. The van der Waals surface area contributed by atoms with Gasteiger partial charge in [-0.3, -0.25) is 4.79 Å². The van der Waals surface area contributed by atoms with Crippen LogP contribution < -0.4 is 4.90 Å². The molecule has 1 aliphatic rings. The van der Waals surface area contributed by atoms with E-state index in [9.17, 15) is 13.2 Å². The van der Waals surface area contributed by atoms with Crippen LogP contribution in [0.5, 0.6) is 0 Å². The Morgan fingerprint density at radius 2 is 1.76 bits per heavy atom. The van der Waals surface area contributed by atoms with Gasteiger partial charge in [0.05, 0.1) is 15.1 Å². The molecule has 1 aromatic heterocycles. The molecule has 6 nitrogen and oxygen atoms in total. The van der Waals surface area contributed by atoms with Crippen LogP contribution >= 0.6 is 11.3 Å². The summed E-state index contributed by atoms with van der Waals surface area (Å²) in [6.07, 6.45) is 0. The fourth-order valence-electron chi connectivity index (χ4n) is 3.61. The molecule has 0 saturated carbocycles. The third kappa shape index (κ3) is 4.13. The highest BCUT2D eigenvalue weighted by atomic mass is 32.2. The lowest BCUT2D eigenvalue weighted by molar-refractivity contribution is -0.128. The van der Waals surface area contributed by atoms with Crippen LogP contribution in [0, 0.1) is 13.8 Å². The van der Waals surface area contributed by atoms with Crippen molar-refractivity contribution in [3.05, 3.63) is 53.6 Å². The van der Waals surface area contributed by atoms with Crippen molar-refractivity contribution in [3.8, 4) is 0 Å². The summed E-state index contributed by atoms with van der Waals surface area (Å²) < 4.78 is 26.1. The van der Waals surface area contributed by atoms with Gasteiger partial charge in [-0.25, -0.2) is 13.4 Å². The van der Waals surface area contributed by atoms with Gasteiger partial charge < -0.3 is 9.80 Å². The molecule has 0 N–H and O–H groups in total. The van der Waals surface area contributed by atoms with Crippen molar-refractivity contribution >= 4 is 42.4 Å². The highest BCUT2D eigenvalue weighted by Gasteiger charge is 2.27. The minimum absolute atomic E-state index is 0.187. The van der Waals surface area contributed by atoms with Gasteiger partial charge in [-0.2, -0.15) is 0 Å². The van der Waals surface area contributed by atoms with Crippen LogP contribution in [0.4, 0.5) is 5.13 Å². The number of thiazole rings is 1. The molecular formula is C21H23N3O3S2. The summed E-state index contributed by atoms with van der Waals surface area (Å²) in [6, 6.07) is 12.4. The zero-order valence-corrected chi connectivity index (χ0v) is 18.1. The van der Waals surface area contributed by atoms with Crippen LogP contribution in [-0.4, -0.2) is 56.1 Å². The number of fused-ring (bicyclic) bond motifs is 1. The number of carbonyl (C=O) groups excluding carboxylic acids is 1. The van der Waals surface area contributed by atoms with E-state index in [2.05, 4.69) is 30.9 Å². The molecule has 1 aliphatic heterocycles. The first-order chi connectivity index (χ1) is 13.8. The molecule has 1 saturated heterocycles. The molecule has 152 valence electrons. The number of aromatic nitrogens is 1. The summed E-state index contributed by atoms with van der Waals surface area (Å²) in [7, 11) is -3.62. The number of carbonyl (C=O) groups is 1. The van der Waals surface area contributed by atoms with E-state index in [1.807, 2.05) is 0 Å². The van der Waals surface area contributed by atoms with Gasteiger partial charge in [0.25, 0.3) is 0 Å². The average Bonchev–Trinajstić information content (AvgIpc) is 3.13. The van der Waals surface area contributed by atoms with E-state index in [0.29, 0.717) is 26.2 Å². The third-order valence-electron chi connectivity index (χ3n) is 5.14. The van der Waals surface area contributed by atoms with Gasteiger partial charge in [-0.1, -0.05) is 35.6 Å². The zero-order chi connectivity index (χ0) is 20.6. The Morgan fingerprint density at radius 1 is 1.07 bits per heavy atom. The van der Waals surface area contributed by atoms with Crippen molar-refractivity contribution in [2.45, 2.75) is 18.7 Å². The highest BCUT2D eigenvalue weighted by molar-refractivity contribution is 7.92. The number of nitrogens with zero attached hydrogens (tertiary/aromatic N) is 3. The fourth-order valence-corrected chi connectivity index (χ4v) is 6.05. The van der Waals surface area contributed by atoms with Gasteiger partial charge in [0.15, 0.2) is 15.0 Å². The summed E-state index contributed by atoms with van der Waals surface area (Å²) in [5, 5.41) is 0.956. The number of amides is 1. The lowest BCUT2D eigenvalue weighted by Gasteiger charge is -2.34. The van der Waals surface area contributed by atoms with Crippen molar-refractivity contribution in [2.24, 2.45) is 0 Å². The molecule has 0 aliphatic carbocycles. The van der Waals surface area contributed by atoms with Crippen molar-refractivity contribution in [3.63, 3.8) is 0 Å². The summed E-state index contributed by atoms with van der Waals surface area (Å²) in [5.74, 6) is -0.833. The lowest BCUT2D eigenvalue weighted by Crippen LogP contribution is -2.50. The first kappa shape index (κ1) is 19.8. The molecule has 8 heteroatoms. The SMILES string of the molecule is Cc1cc(C)c2nc(N3CCN(C(=O)CS(=O)(=O)c4ccccc4)CC3)sc2c1. The second-order valence-electron chi connectivity index (χ2n) is 7.36. The van der Waals surface area contributed by atoms with E-state index >= 15 is 0 Å². The minimum atomic E-state index is -3.62. The van der Waals surface area contributed by atoms with Gasteiger partial charge in [-0.05, 0) is 43.2 Å². The Kier molecular flexibility index (Phi) is 5.31. The molecule has 1 amide bonds. The van der Waals surface area contributed by atoms with Crippen LogP contribution in [0.25, 0.3) is 10.2 Å². The highest BCUT2D eigenvalue weighted by Crippen LogP contribution is 2.32. The van der Waals surface area contributed by atoms with Gasteiger partial charge in [0.1, 0.15) is 5.75 Å². The number of anilines is 1. The second kappa shape index (κ2) is 7.76.